The molecule has 0 spiro atoms. The SMILES string of the molecule is C=CCCC[C@H](Cc1ccccc1)C(=O)OCC(C)(C)NC(=O)[C@H](CC=C)CC(=O)N(CCO)Cc1ccccc1. The van der Waals surface area contributed by atoms with Crippen LogP contribution in [-0.4, -0.2) is 53.1 Å². The van der Waals surface area contributed by atoms with Crippen LogP contribution >= 0.6 is 0 Å². The standard InChI is InChI=1S/C34H46N2O5/c1-5-7-10-20-30(23-27-16-11-8-12-17-27)33(40)41-26-34(3,4)35-32(39)29(15-6-2)24-31(38)36(21-22-37)25-28-18-13-9-14-19-28/h5-6,8-9,11-14,16-19,29-30,37H,1-2,7,10,15,20-26H2,3-4H3,(H,35,39)/t29-,30-/m1/s1. The van der Waals surface area contributed by atoms with Gasteiger partial charge in [-0.15, -0.1) is 13.2 Å². The first-order valence-corrected chi connectivity index (χ1v) is 14.4. The summed E-state index contributed by atoms with van der Waals surface area (Å²) < 4.78 is 5.73. The monoisotopic (exact) mass is 562 g/mol. The molecule has 2 aromatic rings. The molecular weight excluding hydrogens is 516 g/mol. The molecule has 0 aliphatic rings. The highest BCUT2D eigenvalue weighted by molar-refractivity contribution is 5.86. The molecule has 2 N–H and O–H groups in total. The Kier molecular flexibility index (Phi) is 14.6. The second-order valence-electron chi connectivity index (χ2n) is 11.0. The lowest BCUT2D eigenvalue weighted by molar-refractivity contribution is -0.151. The van der Waals surface area contributed by atoms with E-state index >= 15 is 0 Å². The van der Waals surface area contributed by atoms with Gasteiger partial charge in [-0.3, -0.25) is 14.4 Å². The molecule has 0 bridgehead atoms. The topological polar surface area (TPSA) is 95.9 Å². The smallest absolute Gasteiger partial charge is 0.309 e. The van der Waals surface area contributed by atoms with Crippen LogP contribution in [-0.2, 0) is 32.1 Å². The van der Waals surface area contributed by atoms with Gasteiger partial charge in [-0.05, 0) is 57.1 Å². The molecular formula is C34H46N2O5. The maximum absolute atomic E-state index is 13.3. The second-order valence-corrected chi connectivity index (χ2v) is 11.0. The van der Waals surface area contributed by atoms with Crippen LogP contribution in [0.2, 0.25) is 0 Å². The number of carbonyl (C=O) groups excluding carboxylic acids is 3. The third kappa shape index (κ3) is 12.6. The number of carbonyl (C=O) groups is 3. The van der Waals surface area contributed by atoms with Gasteiger partial charge in [-0.1, -0.05) is 72.8 Å². The summed E-state index contributed by atoms with van der Waals surface area (Å²) >= 11 is 0. The molecule has 0 aliphatic heterocycles. The van der Waals surface area contributed by atoms with Gasteiger partial charge in [0.1, 0.15) is 6.61 Å². The number of allylic oxidation sites excluding steroid dienone is 2. The number of nitrogens with zero attached hydrogens (tertiary/aromatic N) is 1. The Labute approximate surface area is 245 Å². The fourth-order valence-electron chi connectivity index (χ4n) is 4.59. The number of benzene rings is 2. The van der Waals surface area contributed by atoms with Crippen molar-refractivity contribution < 1.29 is 24.2 Å². The molecule has 2 rings (SSSR count). The molecule has 2 amide bonds. The van der Waals surface area contributed by atoms with Crippen LogP contribution in [0.5, 0.6) is 0 Å². The molecule has 0 fully saturated rings. The Morgan fingerprint density at radius 1 is 0.976 bits per heavy atom. The normalized spacial score (nSPS) is 12.6. The van der Waals surface area contributed by atoms with Gasteiger partial charge in [-0.25, -0.2) is 0 Å². The van der Waals surface area contributed by atoms with E-state index < -0.39 is 11.5 Å². The molecule has 0 unspecified atom stereocenters. The van der Waals surface area contributed by atoms with E-state index in [4.69, 9.17) is 4.74 Å². The van der Waals surface area contributed by atoms with Crippen LogP contribution in [0.4, 0.5) is 0 Å². The van der Waals surface area contributed by atoms with Gasteiger partial charge in [0.15, 0.2) is 0 Å². The highest BCUT2D eigenvalue weighted by atomic mass is 16.5. The largest absolute Gasteiger partial charge is 0.463 e. The maximum Gasteiger partial charge on any atom is 0.309 e. The van der Waals surface area contributed by atoms with Crippen molar-refractivity contribution in [2.75, 3.05) is 19.8 Å². The molecule has 0 heterocycles. The van der Waals surface area contributed by atoms with Crippen molar-refractivity contribution in [2.24, 2.45) is 11.8 Å². The third-order valence-corrected chi connectivity index (χ3v) is 6.84. The zero-order valence-electron chi connectivity index (χ0n) is 24.6. The summed E-state index contributed by atoms with van der Waals surface area (Å²) in [5.74, 6) is -1.76. The highest BCUT2D eigenvalue weighted by Crippen LogP contribution is 2.20. The quantitative estimate of drug-likeness (QED) is 0.139. The van der Waals surface area contributed by atoms with Crippen molar-refractivity contribution in [1.29, 1.82) is 0 Å². The van der Waals surface area contributed by atoms with E-state index in [-0.39, 0.29) is 49.9 Å². The lowest BCUT2D eigenvalue weighted by Gasteiger charge is -2.30. The predicted molar refractivity (Wildman–Crippen MR) is 163 cm³/mol. The summed E-state index contributed by atoms with van der Waals surface area (Å²) in [5, 5.41) is 12.5. The Bertz CT molecular complexity index is 1100. The number of amides is 2. The van der Waals surface area contributed by atoms with Crippen molar-refractivity contribution in [2.45, 2.75) is 64.5 Å². The fraction of sp³-hybridized carbons (Fsp3) is 0.441. The molecule has 41 heavy (non-hydrogen) atoms. The first-order chi connectivity index (χ1) is 19.7. The molecule has 0 saturated heterocycles. The van der Waals surface area contributed by atoms with Crippen molar-refractivity contribution in [1.82, 2.24) is 10.2 Å². The molecule has 7 heteroatoms. The van der Waals surface area contributed by atoms with E-state index in [1.165, 1.54) is 0 Å². The second kappa shape index (κ2) is 17.9. The van der Waals surface area contributed by atoms with Crippen molar-refractivity contribution >= 4 is 17.8 Å². The summed E-state index contributed by atoms with van der Waals surface area (Å²) in [5.41, 5.74) is 1.17. The molecule has 0 radical (unpaired) electrons. The summed E-state index contributed by atoms with van der Waals surface area (Å²) in [6.45, 7) is 11.5. The molecule has 7 nitrogen and oxygen atoms in total. The van der Waals surface area contributed by atoms with Crippen LogP contribution in [0.3, 0.4) is 0 Å². The summed E-state index contributed by atoms with van der Waals surface area (Å²) in [4.78, 5) is 41.1. The van der Waals surface area contributed by atoms with Gasteiger partial charge in [0.05, 0.1) is 24.0 Å². The number of esters is 1. The fourth-order valence-corrected chi connectivity index (χ4v) is 4.59. The van der Waals surface area contributed by atoms with E-state index in [0.29, 0.717) is 25.8 Å². The lowest BCUT2D eigenvalue weighted by Crippen LogP contribution is -2.50. The number of unbranched alkanes of at least 4 members (excludes halogenated alkanes) is 1. The van der Waals surface area contributed by atoms with Gasteiger partial charge in [0, 0.05) is 19.5 Å². The van der Waals surface area contributed by atoms with Gasteiger partial charge in [-0.2, -0.15) is 0 Å². The predicted octanol–water partition coefficient (Wildman–Crippen LogP) is 5.24. The minimum absolute atomic E-state index is 0.00369. The summed E-state index contributed by atoms with van der Waals surface area (Å²) in [6, 6.07) is 19.4. The maximum atomic E-state index is 13.3. The van der Waals surface area contributed by atoms with Crippen molar-refractivity contribution in [3.63, 3.8) is 0 Å². The molecule has 0 saturated carbocycles. The van der Waals surface area contributed by atoms with Crippen molar-refractivity contribution in [3.05, 3.63) is 97.1 Å². The van der Waals surface area contributed by atoms with Gasteiger partial charge >= 0.3 is 5.97 Å². The van der Waals surface area contributed by atoms with Crippen LogP contribution in [0.1, 0.15) is 57.1 Å². The van der Waals surface area contributed by atoms with Crippen LogP contribution in [0.25, 0.3) is 0 Å². The molecule has 222 valence electrons. The Morgan fingerprint density at radius 3 is 2.20 bits per heavy atom. The van der Waals surface area contributed by atoms with Gasteiger partial charge in [0.2, 0.25) is 11.8 Å². The average molecular weight is 563 g/mol. The number of hydrogen-bond donors (Lipinski definition) is 2. The molecule has 0 aromatic heterocycles. The van der Waals surface area contributed by atoms with E-state index in [2.05, 4.69) is 18.5 Å². The average Bonchev–Trinajstić information content (AvgIpc) is 2.96. The molecule has 0 aliphatic carbocycles. The van der Waals surface area contributed by atoms with Crippen LogP contribution in [0.15, 0.2) is 86.0 Å². The van der Waals surface area contributed by atoms with Crippen molar-refractivity contribution in [3.8, 4) is 0 Å². The van der Waals surface area contributed by atoms with E-state index in [1.54, 1.807) is 24.8 Å². The number of ether oxygens (including phenoxy) is 1. The third-order valence-electron chi connectivity index (χ3n) is 6.84. The van der Waals surface area contributed by atoms with E-state index in [1.807, 2.05) is 66.7 Å². The molecule has 2 atom stereocenters. The summed E-state index contributed by atoms with van der Waals surface area (Å²) in [6.07, 6.45) is 6.69. The number of aliphatic hydroxyl groups excluding tert-OH is 1. The highest BCUT2D eigenvalue weighted by Gasteiger charge is 2.30. The zero-order chi connectivity index (χ0) is 30.1. The number of rotatable bonds is 19. The zero-order valence-corrected chi connectivity index (χ0v) is 24.6. The molecule has 2 aromatic carbocycles. The lowest BCUT2D eigenvalue weighted by atomic mass is 9.94. The first kappa shape index (κ1) is 33.5. The van der Waals surface area contributed by atoms with Gasteiger partial charge in [0.25, 0.3) is 0 Å². The van der Waals surface area contributed by atoms with Crippen LogP contribution in [0, 0.1) is 11.8 Å². The number of aliphatic hydroxyl groups is 1. The summed E-state index contributed by atoms with van der Waals surface area (Å²) in [7, 11) is 0. The number of nitrogens with one attached hydrogen (secondary N) is 1. The van der Waals surface area contributed by atoms with Crippen LogP contribution < -0.4 is 5.32 Å². The minimum atomic E-state index is -0.845. The Hall–Kier alpha value is -3.71. The van der Waals surface area contributed by atoms with E-state index in [9.17, 15) is 19.5 Å². The first-order valence-electron chi connectivity index (χ1n) is 14.4. The Morgan fingerprint density at radius 2 is 1.61 bits per heavy atom. The van der Waals surface area contributed by atoms with E-state index in [0.717, 1.165) is 24.0 Å². The minimum Gasteiger partial charge on any atom is -0.463 e. The number of hydrogen-bond acceptors (Lipinski definition) is 5. The van der Waals surface area contributed by atoms with Gasteiger partial charge < -0.3 is 20.1 Å². The Balaban J connectivity index is 2.00.